The quantitative estimate of drug-likeness (QED) is 0.850. The van der Waals surface area contributed by atoms with Crippen molar-refractivity contribution >= 4 is 0 Å². The summed E-state index contributed by atoms with van der Waals surface area (Å²) in [5.41, 5.74) is 7.46. The van der Waals surface area contributed by atoms with Crippen LogP contribution in [0.3, 0.4) is 0 Å². The minimum atomic E-state index is -0.0575. The fraction of sp³-hybridized carbons (Fsp3) is 0.647. The molecule has 0 amide bonds. The maximum absolute atomic E-state index is 6.44. The van der Waals surface area contributed by atoms with E-state index in [9.17, 15) is 0 Å². The molecule has 1 fully saturated rings. The molecule has 0 radical (unpaired) electrons. The normalized spacial score (nSPS) is 36.3. The average Bonchev–Trinajstić information content (AvgIpc) is 2.36. The SMILES string of the molecule is COc1ccc2c(c1)C(N)CC1(CC(C)CC(C)C1)O2. The highest BCUT2D eigenvalue weighted by atomic mass is 16.5. The first-order valence-electron chi connectivity index (χ1n) is 7.64. The largest absolute Gasteiger partial charge is 0.497 e. The Morgan fingerprint density at radius 3 is 2.55 bits per heavy atom. The summed E-state index contributed by atoms with van der Waals surface area (Å²) in [6, 6.07) is 6.04. The molecule has 20 heavy (non-hydrogen) atoms. The Morgan fingerprint density at radius 2 is 1.90 bits per heavy atom. The van der Waals surface area contributed by atoms with Crippen molar-refractivity contribution in [3.05, 3.63) is 23.8 Å². The van der Waals surface area contributed by atoms with Crippen molar-refractivity contribution in [2.75, 3.05) is 7.11 Å². The molecule has 1 aliphatic carbocycles. The molecule has 3 atom stereocenters. The van der Waals surface area contributed by atoms with Crippen LogP contribution >= 0.6 is 0 Å². The molecule has 110 valence electrons. The molecule has 0 bridgehead atoms. The van der Waals surface area contributed by atoms with E-state index < -0.39 is 0 Å². The summed E-state index contributed by atoms with van der Waals surface area (Å²) in [6.45, 7) is 4.66. The molecule has 3 heteroatoms. The summed E-state index contributed by atoms with van der Waals surface area (Å²) in [5, 5.41) is 0. The maximum atomic E-state index is 6.44. The van der Waals surface area contributed by atoms with Crippen LogP contribution in [0.2, 0.25) is 0 Å². The molecule has 1 aromatic rings. The summed E-state index contributed by atoms with van der Waals surface area (Å²) < 4.78 is 11.7. The highest BCUT2D eigenvalue weighted by molar-refractivity contribution is 5.44. The lowest BCUT2D eigenvalue weighted by molar-refractivity contribution is -0.0312. The zero-order valence-electron chi connectivity index (χ0n) is 12.7. The number of ether oxygens (including phenoxy) is 2. The average molecular weight is 275 g/mol. The minimum Gasteiger partial charge on any atom is -0.497 e. The Morgan fingerprint density at radius 1 is 1.20 bits per heavy atom. The fourth-order valence-electron chi connectivity index (χ4n) is 4.28. The summed E-state index contributed by atoms with van der Waals surface area (Å²) in [7, 11) is 1.68. The molecule has 1 heterocycles. The second-order valence-corrected chi connectivity index (χ2v) is 6.85. The van der Waals surface area contributed by atoms with Gasteiger partial charge < -0.3 is 15.2 Å². The lowest BCUT2D eigenvalue weighted by atomic mass is 9.69. The first-order chi connectivity index (χ1) is 9.51. The van der Waals surface area contributed by atoms with Gasteiger partial charge in [-0.2, -0.15) is 0 Å². The minimum absolute atomic E-state index is 0.0475. The van der Waals surface area contributed by atoms with E-state index >= 15 is 0 Å². The number of methoxy groups -OCH3 is 1. The second-order valence-electron chi connectivity index (χ2n) is 6.85. The zero-order valence-corrected chi connectivity index (χ0v) is 12.7. The Balaban J connectivity index is 1.92. The number of fused-ring (bicyclic) bond motifs is 1. The van der Waals surface area contributed by atoms with Crippen LogP contribution < -0.4 is 15.2 Å². The van der Waals surface area contributed by atoms with Gasteiger partial charge in [0.2, 0.25) is 0 Å². The number of rotatable bonds is 1. The molecule has 0 aromatic heterocycles. The highest BCUT2D eigenvalue weighted by Crippen LogP contribution is 2.48. The van der Waals surface area contributed by atoms with E-state index in [2.05, 4.69) is 13.8 Å². The van der Waals surface area contributed by atoms with Crippen LogP contribution in [0.1, 0.15) is 51.1 Å². The maximum Gasteiger partial charge on any atom is 0.125 e. The van der Waals surface area contributed by atoms with Gasteiger partial charge in [0.15, 0.2) is 0 Å². The molecule has 1 aliphatic heterocycles. The predicted molar refractivity (Wildman–Crippen MR) is 80.1 cm³/mol. The highest BCUT2D eigenvalue weighted by Gasteiger charge is 2.44. The third-order valence-corrected chi connectivity index (χ3v) is 4.78. The molecule has 0 saturated heterocycles. The number of nitrogens with two attached hydrogens (primary N) is 1. The molecule has 1 spiro atoms. The molecule has 2 N–H and O–H groups in total. The van der Waals surface area contributed by atoms with Crippen molar-refractivity contribution in [2.45, 2.75) is 51.2 Å². The molecule has 3 rings (SSSR count). The molecule has 1 aromatic carbocycles. The van der Waals surface area contributed by atoms with E-state index in [1.54, 1.807) is 7.11 Å². The summed E-state index contributed by atoms with van der Waals surface area (Å²) in [6.07, 6.45) is 4.46. The van der Waals surface area contributed by atoms with Gasteiger partial charge >= 0.3 is 0 Å². The van der Waals surface area contributed by atoms with E-state index in [1.807, 2.05) is 18.2 Å². The first kappa shape index (κ1) is 13.7. The first-order valence-corrected chi connectivity index (χ1v) is 7.64. The predicted octanol–water partition coefficient (Wildman–Crippen LogP) is 3.67. The van der Waals surface area contributed by atoms with Crippen LogP contribution in [0.4, 0.5) is 0 Å². The third kappa shape index (κ3) is 2.39. The fourth-order valence-corrected chi connectivity index (χ4v) is 4.28. The van der Waals surface area contributed by atoms with Gasteiger partial charge in [-0.3, -0.25) is 0 Å². The zero-order chi connectivity index (χ0) is 14.3. The van der Waals surface area contributed by atoms with Crippen molar-refractivity contribution in [3.8, 4) is 11.5 Å². The number of hydrogen-bond donors (Lipinski definition) is 1. The van der Waals surface area contributed by atoms with Crippen LogP contribution in [0.15, 0.2) is 18.2 Å². The Labute approximate surface area is 121 Å². The van der Waals surface area contributed by atoms with Gasteiger partial charge in [0, 0.05) is 18.0 Å². The van der Waals surface area contributed by atoms with E-state index in [4.69, 9.17) is 15.2 Å². The Bertz CT molecular complexity index is 490. The van der Waals surface area contributed by atoms with Crippen LogP contribution in [0.25, 0.3) is 0 Å². The van der Waals surface area contributed by atoms with Gasteiger partial charge in [0.1, 0.15) is 17.1 Å². The van der Waals surface area contributed by atoms with Crippen LogP contribution in [0.5, 0.6) is 11.5 Å². The number of hydrogen-bond acceptors (Lipinski definition) is 3. The lowest BCUT2D eigenvalue weighted by Crippen LogP contribution is -2.48. The van der Waals surface area contributed by atoms with Gasteiger partial charge in [0.25, 0.3) is 0 Å². The van der Waals surface area contributed by atoms with E-state index in [0.29, 0.717) is 11.8 Å². The molecule has 3 unspecified atom stereocenters. The molecular weight excluding hydrogens is 250 g/mol. The third-order valence-electron chi connectivity index (χ3n) is 4.78. The van der Waals surface area contributed by atoms with E-state index in [0.717, 1.165) is 36.3 Å². The van der Waals surface area contributed by atoms with Crippen molar-refractivity contribution in [2.24, 2.45) is 17.6 Å². The van der Waals surface area contributed by atoms with Gasteiger partial charge in [-0.05, 0) is 49.3 Å². The summed E-state index contributed by atoms with van der Waals surface area (Å²) in [5.74, 6) is 3.23. The van der Waals surface area contributed by atoms with Crippen molar-refractivity contribution in [3.63, 3.8) is 0 Å². The van der Waals surface area contributed by atoms with Crippen LogP contribution in [-0.2, 0) is 0 Å². The standard InChI is InChI=1S/C17H25NO2/c1-11-6-12(2)9-17(8-11)10-15(18)14-7-13(19-3)4-5-16(14)20-17/h4-5,7,11-12,15H,6,8-10,18H2,1-3H3. The Hall–Kier alpha value is -1.22. The van der Waals surface area contributed by atoms with E-state index in [-0.39, 0.29) is 11.6 Å². The van der Waals surface area contributed by atoms with Gasteiger partial charge in [-0.15, -0.1) is 0 Å². The topological polar surface area (TPSA) is 44.5 Å². The molecule has 2 aliphatic rings. The number of benzene rings is 1. The summed E-state index contributed by atoms with van der Waals surface area (Å²) in [4.78, 5) is 0. The molecular formula is C17H25NO2. The van der Waals surface area contributed by atoms with Crippen LogP contribution in [-0.4, -0.2) is 12.7 Å². The molecule has 1 saturated carbocycles. The van der Waals surface area contributed by atoms with Crippen LogP contribution in [0, 0.1) is 11.8 Å². The summed E-state index contributed by atoms with van der Waals surface area (Å²) >= 11 is 0. The monoisotopic (exact) mass is 275 g/mol. The van der Waals surface area contributed by atoms with Crippen molar-refractivity contribution in [1.29, 1.82) is 0 Å². The van der Waals surface area contributed by atoms with Gasteiger partial charge in [0.05, 0.1) is 7.11 Å². The van der Waals surface area contributed by atoms with Crippen molar-refractivity contribution in [1.82, 2.24) is 0 Å². The Kier molecular flexibility index (Phi) is 3.41. The molecule has 3 nitrogen and oxygen atoms in total. The van der Waals surface area contributed by atoms with E-state index in [1.165, 1.54) is 6.42 Å². The lowest BCUT2D eigenvalue weighted by Gasteiger charge is -2.47. The van der Waals surface area contributed by atoms with Crippen molar-refractivity contribution < 1.29 is 9.47 Å². The van der Waals surface area contributed by atoms with Gasteiger partial charge in [-0.1, -0.05) is 13.8 Å². The smallest absolute Gasteiger partial charge is 0.125 e. The second kappa shape index (κ2) is 4.96. The van der Waals surface area contributed by atoms with Gasteiger partial charge in [-0.25, -0.2) is 0 Å².